The van der Waals surface area contributed by atoms with Crippen molar-refractivity contribution in [3.05, 3.63) is 35.9 Å². The summed E-state index contributed by atoms with van der Waals surface area (Å²) in [7, 11) is 0. The molecule has 2 heterocycles. The van der Waals surface area contributed by atoms with Gasteiger partial charge in [-0.2, -0.15) is 0 Å². The Kier molecular flexibility index (Phi) is 7.34. The monoisotopic (exact) mass is 337 g/mol. The van der Waals surface area contributed by atoms with E-state index in [9.17, 15) is 4.79 Å². The lowest BCUT2D eigenvalue weighted by Gasteiger charge is -2.33. The lowest BCUT2D eigenvalue weighted by atomic mass is 9.96. The average molecular weight is 338 g/mol. The van der Waals surface area contributed by atoms with Crippen LogP contribution < -0.4 is 10.6 Å². The van der Waals surface area contributed by atoms with Gasteiger partial charge in [0.1, 0.15) is 0 Å². The molecule has 1 amide bonds. The van der Waals surface area contributed by atoms with E-state index in [1.165, 1.54) is 5.56 Å². The van der Waals surface area contributed by atoms with Crippen LogP contribution in [0.3, 0.4) is 0 Å². The molecule has 0 atom stereocenters. The summed E-state index contributed by atoms with van der Waals surface area (Å²) in [4.78, 5) is 14.8. The third-order valence-electron chi connectivity index (χ3n) is 4.89. The number of likely N-dealkylation sites (tertiary alicyclic amines) is 1. The normalized spacial score (nSPS) is 20.7. The quantitative estimate of drug-likeness (QED) is 0.885. The fourth-order valence-corrected chi connectivity index (χ4v) is 3.48. The van der Waals surface area contributed by atoms with Crippen LogP contribution >= 0.6 is 12.4 Å². The van der Waals surface area contributed by atoms with Crippen LogP contribution in [0.25, 0.3) is 0 Å². The predicted molar refractivity (Wildman–Crippen MR) is 95.7 cm³/mol. The third-order valence-corrected chi connectivity index (χ3v) is 4.89. The smallest absolute Gasteiger partial charge is 0.223 e. The molecule has 0 saturated carbocycles. The van der Waals surface area contributed by atoms with Gasteiger partial charge < -0.3 is 10.6 Å². The van der Waals surface area contributed by atoms with Crippen LogP contribution in [0.2, 0.25) is 0 Å². The van der Waals surface area contributed by atoms with E-state index in [2.05, 4.69) is 45.9 Å². The minimum atomic E-state index is 0. The maximum Gasteiger partial charge on any atom is 0.223 e. The predicted octanol–water partition coefficient (Wildman–Crippen LogP) is 2.19. The lowest BCUT2D eigenvalue weighted by Crippen LogP contribution is -2.47. The first-order chi connectivity index (χ1) is 10.8. The zero-order valence-corrected chi connectivity index (χ0v) is 14.5. The Labute approximate surface area is 145 Å². The number of benzene rings is 1. The lowest BCUT2D eigenvalue weighted by molar-refractivity contribution is -0.126. The van der Waals surface area contributed by atoms with Crippen LogP contribution in [0.1, 0.15) is 31.2 Å². The molecule has 1 aromatic rings. The third kappa shape index (κ3) is 5.48. The molecule has 2 N–H and O–H groups in total. The molecule has 2 aliphatic rings. The van der Waals surface area contributed by atoms with E-state index in [4.69, 9.17) is 0 Å². The Hall–Kier alpha value is -1.10. The van der Waals surface area contributed by atoms with Crippen molar-refractivity contribution >= 4 is 18.3 Å². The number of amides is 1. The van der Waals surface area contributed by atoms with Gasteiger partial charge in [-0.25, -0.2) is 0 Å². The maximum absolute atomic E-state index is 12.3. The van der Waals surface area contributed by atoms with E-state index in [1.807, 2.05) is 0 Å². The molecule has 0 radical (unpaired) electrons. The number of carbonyl (C=O) groups excluding carboxylic acids is 1. The number of carbonyl (C=O) groups is 1. The number of nitrogens with zero attached hydrogens (tertiary/aromatic N) is 1. The highest BCUT2D eigenvalue weighted by molar-refractivity contribution is 5.85. The molecule has 0 aromatic heterocycles. The largest absolute Gasteiger partial charge is 0.353 e. The van der Waals surface area contributed by atoms with Crippen molar-refractivity contribution < 1.29 is 4.79 Å². The molecule has 2 saturated heterocycles. The molecular formula is C18H28ClN3O. The van der Waals surface area contributed by atoms with Gasteiger partial charge in [0.2, 0.25) is 5.91 Å². The number of hydrogen-bond donors (Lipinski definition) is 2. The second kappa shape index (κ2) is 9.26. The summed E-state index contributed by atoms with van der Waals surface area (Å²) in [6.07, 6.45) is 4.12. The molecule has 1 aromatic carbocycles. The van der Waals surface area contributed by atoms with Gasteiger partial charge in [0.05, 0.1) is 0 Å². The SMILES string of the molecule is Cl.O=C(NC1CCN(Cc2ccccc2)CC1)C1CCNCC1. The molecule has 0 spiro atoms. The number of rotatable bonds is 4. The molecule has 128 valence electrons. The first-order valence-electron chi connectivity index (χ1n) is 8.58. The highest BCUT2D eigenvalue weighted by atomic mass is 35.5. The first-order valence-corrected chi connectivity index (χ1v) is 8.58. The van der Waals surface area contributed by atoms with Crippen molar-refractivity contribution in [2.45, 2.75) is 38.3 Å². The molecule has 0 bridgehead atoms. The molecule has 2 fully saturated rings. The molecule has 0 unspecified atom stereocenters. The van der Waals surface area contributed by atoms with Gasteiger partial charge in [-0.05, 0) is 44.3 Å². The first kappa shape index (κ1) is 18.2. The fraction of sp³-hybridized carbons (Fsp3) is 0.611. The Morgan fingerprint density at radius 2 is 1.74 bits per heavy atom. The maximum atomic E-state index is 12.3. The minimum Gasteiger partial charge on any atom is -0.353 e. The molecule has 3 rings (SSSR count). The zero-order valence-electron chi connectivity index (χ0n) is 13.7. The van der Waals surface area contributed by atoms with Crippen LogP contribution in [0.5, 0.6) is 0 Å². The zero-order chi connectivity index (χ0) is 15.2. The van der Waals surface area contributed by atoms with Crippen molar-refractivity contribution in [1.82, 2.24) is 15.5 Å². The molecule has 4 nitrogen and oxygen atoms in total. The standard InChI is InChI=1S/C18H27N3O.ClH/c22-18(16-6-10-19-11-7-16)20-17-8-12-21(13-9-17)14-15-4-2-1-3-5-15;/h1-5,16-17,19H,6-14H2,(H,20,22);1H. The Balaban J connectivity index is 0.00000192. The molecule has 5 heteroatoms. The van der Waals surface area contributed by atoms with E-state index >= 15 is 0 Å². The van der Waals surface area contributed by atoms with Crippen LogP contribution in [0, 0.1) is 5.92 Å². The number of halogens is 1. The Bertz CT molecular complexity index is 468. The van der Waals surface area contributed by atoms with Crippen LogP contribution in [0.15, 0.2) is 30.3 Å². The van der Waals surface area contributed by atoms with E-state index in [1.54, 1.807) is 0 Å². The second-order valence-corrected chi connectivity index (χ2v) is 6.57. The Morgan fingerprint density at radius 1 is 1.09 bits per heavy atom. The van der Waals surface area contributed by atoms with Crippen LogP contribution in [-0.2, 0) is 11.3 Å². The van der Waals surface area contributed by atoms with Gasteiger partial charge in [0.15, 0.2) is 0 Å². The number of hydrogen-bond acceptors (Lipinski definition) is 3. The summed E-state index contributed by atoms with van der Waals surface area (Å²) < 4.78 is 0. The summed E-state index contributed by atoms with van der Waals surface area (Å²) >= 11 is 0. The van der Waals surface area contributed by atoms with Crippen LogP contribution in [0.4, 0.5) is 0 Å². The minimum absolute atomic E-state index is 0. The number of piperidine rings is 2. The average Bonchev–Trinajstić information content (AvgIpc) is 2.58. The van der Waals surface area contributed by atoms with E-state index in [-0.39, 0.29) is 24.2 Å². The summed E-state index contributed by atoms with van der Waals surface area (Å²) in [5.74, 6) is 0.506. The van der Waals surface area contributed by atoms with E-state index in [0.717, 1.165) is 58.4 Å². The van der Waals surface area contributed by atoms with Crippen molar-refractivity contribution in [3.63, 3.8) is 0 Å². The highest BCUT2D eigenvalue weighted by Crippen LogP contribution is 2.16. The van der Waals surface area contributed by atoms with Crippen molar-refractivity contribution in [1.29, 1.82) is 0 Å². The van der Waals surface area contributed by atoms with Crippen molar-refractivity contribution in [3.8, 4) is 0 Å². The summed E-state index contributed by atoms with van der Waals surface area (Å²) in [5.41, 5.74) is 1.37. The highest BCUT2D eigenvalue weighted by Gasteiger charge is 2.25. The molecule has 23 heavy (non-hydrogen) atoms. The van der Waals surface area contributed by atoms with Crippen molar-refractivity contribution in [2.75, 3.05) is 26.2 Å². The molecular weight excluding hydrogens is 310 g/mol. The van der Waals surface area contributed by atoms with Gasteiger partial charge in [-0.3, -0.25) is 9.69 Å². The molecule has 0 aliphatic carbocycles. The summed E-state index contributed by atoms with van der Waals surface area (Å²) in [5, 5.41) is 6.60. The van der Waals surface area contributed by atoms with Gasteiger partial charge in [0, 0.05) is 31.6 Å². The van der Waals surface area contributed by atoms with E-state index in [0.29, 0.717) is 6.04 Å². The van der Waals surface area contributed by atoms with Gasteiger partial charge >= 0.3 is 0 Å². The fourth-order valence-electron chi connectivity index (χ4n) is 3.48. The van der Waals surface area contributed by atoms with E-state index < -0.39 is 0 Å². The Morgan fingerprint density at radius 3 is 2.39 bits per heavy atom. The van der Waals surface area contributed by atoms with Crippen molar-refractivity contribution in [2.24, 2.45) is 5.92 Å². The topological polar surface area (TPSA) is 44.4 Å². The van der Waals surface area contributed by atoms with Crippen LogP contribution in [-0.4, -0.2) is 43.0 Å². The van der Waals surface area contributed by atoms with Gasteiger partial charge in [0.25, 0.3) is 0 Å². The summed E-state index contributed by atoms with van der Waals surface area (Å²) in [6.45, 7) is 5.13. The van der Waals surface area contributed by atoms with Gasteiger partial charge in [-0.15, -0.1) is 12.4 Å². The molecule has 2 aliphatic heterocycles. The number of nitrogens with one attached hydrogen (secondary N) is 2. The summed E-state index contributed by atoms with van der Waals surface area (Å²) in [6, 6.07) is 11.0. The second-order valence-electron chi connectivity index (χ2n) is 6.57. The van der Waals surface area contributed by atoms with Gasteiger partial charge in [-0.1, -0.05) is 30.3 Å².